The van der Waals surface area contributed by atoms with Crippen LogP contribution in [-0.4, -0.2) is 29.0 Å². The Morgan fingerprint density at radius 3 is 2.62 bits per heavy atom. The van der Waals surface area contributed by atoms with Crippen LogP contribution in [0, 0.1) is 5.41 Å². The van der Waals surface area contributed by atoms with Crippen molar-refractivity contribution in [1.29, 1.82) is 0 Å². The van der Waals surface area contributed by atoms with Gasteiger partial charge in [-0.3, -0.25) is 4.79 Å². The van der Waals surface area contributed by atoms with Crippen molar-refractivity contribution in [3.05, 3.63) is 11.1 Å². The van der Waals surface area contributed by atoms with Gasteiger partial charge in [-0.15, -0.1) is 0 Å². The minimum atomic E-state index is -0.112. The highest BCUT2D eigenvalue weighted by Gasteiger charge is 2.48. The number of Topliss-reactive ketones (excluding diaryl/α,β-unsaturated/α-hetero) is 1. The molecule has 0 heterocycles. The smallest absolute Gasteiger partial charge is 0.159 e. The average molecular weight is 353 g/mol. The van der Waals surface area contributed by atoms with Crippen molar-refractivity contribution in [2.75, 3.05) is 11.5 Å². The fourth-order valence-corrected chi connectivity index (χ4v) is 5.25. The van der Waals surface area contributed by atoms with Gasteiger partial charge >= 0.3 is 0 Å². The molecule has 24 heavy (non-hydrogen) atoms. The Bertz CT molecular complexity index is 475. The van der Waals surface area contributed by atoms with Crippen molar-refractivity contribution in [2.24, 2.45) is 5.41 Å². The first-order valence-electron chi connectivity index (χ1n) is 9.79. The van der Waals surface area contributed by atoms with E-state index in [2.05, 4.69) is 34.6 Å². The molecule has 0 radical (unpaired) electrons. The van der Waals surface area contributed by atoms with E-state index in [0.717, 1.165) is 30.6 Å². The molecule has 0 spiro atoms. The molecule has 0 aromatic rings. The van der Waals surface area contributed by atoms with E-state index < -0.39 is 0 Å². The molecular formula is C21H36O2S. The van der Waals surface area contributed by atoms with Crippen molar-refractivity contribution < 1.29 is 9.53 Å². The molecule has 0 aliphatic heterocycles. The van der Waals surface area contributed by atoms with E-state index in [0.29, 0.717) is 12.2 Å². The van der Waals surface area contributed by atoms with Crippen LogP contribution >= 0.6 is 11.8 Å². The van der Waals surface area contributed by atoms with Crippen LogP contribution in [0.2, 0.25) is 0 Å². The van der Waals surface area contributed by atoms with E-state index in [9.17, 15) is 4.79 Å². The zero-order valence-corrected chi connectivity index (χ0v) is 17.2. The summed E-state index contributed by atoms with van der Waals surface area (Å²) in [5.41, 5.74) is 2.54. The van der Waals surface area contributed by atoms with Gasteiger partial charge in [0.2, 0.25) is 0 Å². The number of hydrogen-bond donors (Lipinski definition) is 0. The van der Waals surface area contributed by atoms with Crippen molar-refractivity contribution in [2.45, 2.75) is 97.7 Å². The molecule has 2 aliphatic carbocycles. The zero-order chi connectivity index (χ0) is 17.8. The van der Waals surface area contributed by atoms with Gasteiger partial charge in [0, 0.05) is 23.2 Å². The zero-order valence-electron chi connectivity index (χ0n) is 16.4. The highest BCUT2D eigenvalue weighted by atomic mass is 32.2. The molecule has 2 aliphatic rings. The normalized spacial score (nSPS) is 27.7. The van der Waals surface area contributed by atoms with Gasteiger partial charge < -0.3 is 4.74 Å². The lowest BCUT2D eigenvalue weighted by Gasteiger charge is -2.40. The Morgan fingerprint density at radius 2 is 1.96 bits per heavy atom. The van der Waals surface area contributed by atoms with E-state index >= 15 is 0 Å². The summed E-state index contributed by atoms with van der Waals surface area (Å²) in [5, 5.41) is 0. The van der Waals surface area contributed by atoms with Crippen molar-refractivity contribution in [3.63, 3.8) is 0 Å². The van der Waals surface area contributed by atoms with Crippen LogP contribution in [0.5, 0.6) is 0 Å². The summed E-state index contributed by atoms with van der Waals surface area (Å²) in [5.74, 6) is 2.50. The maximum absolute atomic E-state index is 12.5. The van der Waals surface area contributed by atoms with Crippen LogP contribution in [0.3, 0.4) is 0 Å². The molecule has 2 rings (SSSR count). The monoisotopic (exact) mass is 352 g/mol. The van der Waals surface area contributed by atoms with Gasteiger partial charge in [-0.1, -0.05) is 38.7 Å². The third-order valence-corrected chi connectivity index (χ3v) is 6.58. The van der Waals surface area contributed by atoms with Crippen molar-refractivity contribution in [1.82, 2.24) is 0 Å². The maximum Gasteiger partial charge on any atom is 0.159 e. The predicted octanol–water partition coefficient (Wildman–Crippen LogP) is 5.94. The molecule has 0 saturated heterocycles. The molecule has 2 nitrogen and oxygen atoms in total. The highest BCUT2D eigenvalue weighted by molar-refractivity contribution is 7.99. The lowest BCUT2D eigenvalue weighted by atomic mass is 9.71. The SMILES string of the molecule is CCCCCCSCC1=C2CC[C@H](OC(C)(C)C)[C@@]2(C)CCC1=O. The quantitative estimate of drug-likeness (QED) is 0.505. The second-order valence-corrected chi connectivity index (χ2v) is 9.77. The maximum atomic E-state index is 12.5. The van der Waals surface area contributed by atoms with Gasteiger partial charge in [0.1, 0.15) is 0 Å². The number of ketones is 1. The Morgan fingerprint density at radius 1 is 1.21 bits per heavy atom. The number of rotatable bonds is 8. The standard InChI is InChI=1S/C21H36O2S/c1-6-7-8-9-14-24-15-16-17-10-11-19(23-20(2,3)4)21(17,5)13-12-18(16)22/h19H,6-15H2,1-5H3/t19-,21-/m0/s1. The number of fused-ring (bicyclic) bond motifs is 1. The molecule has 0 aromatic heterocycles. The fraction of sp³-hybridized carbons (Fsp3) is 0.857. The fourth-order valence-electron chi connectivity index (χ4n) is 4.16. The number of hydrogen-bond acceptors (Lipinski definition) is 3. The molecule has 0 bridgehead atoms. The van der Waals surface area contributed by atoms with E-state index in [-0.39, 0.29) is 17.1 Å². The summed E-state index contributed by atoms with van der Waals surface area (Å²) >= 11 is 1.96. The number of unbranched alkanes of at least 4 members (excludes halogenated alkanes) is 3. The van der Waals surface area contributed by atoms with Gasteiger partial charge in [0.25, 0.3) is 0 Å². The number of carbonyl (C=O) groups excluding carboxylic acids is 1. The third-order valence-electron chi connectivity index (χ3n) is 5.51. The second-order valence-electron chi connectivity index (χ2n) is 8.67. The Kier molecular flexibility index (Phi) is 7.01. The first-order valence-corrected chi connectivity index (χ1v) is 10.9. The molecule has 0 N–H and O–H groups in total. The van der Waals surface area contributed by atoms with Crippen LogP contribution in [0.15, 0.2) is 11.1 Å². The lowest BCUT2D eigenvalue weighted by Crippen LogP contribution is -2.39. The van der Waals surface area contributed by atoms with Crippen LogP contribution < -0.4 is 0 Å². The lowest BCUT2D eigenvalue weighted by molar-refractivity contribution is -0.120. The Labute approximate surface area is 153 Å². The molecule has 0 aromatic carbocycles. The summed E-state index contributed by atoms with van der Waals surface area (Å²) in [6, 6.07) is 0. The first kappa shape index (κ1) is 20.0. The largest absolute Gasteiger partial charge is 0.372 e. The predicted molar refractivity (Wildman–Crippen MR) is 105 cm³/mol. The molecule has 1 fully saturated rings. The van der Waals surface area contributed by atoms with Crippen molar-refractivity contribution >= 4 is 17.5 Å². The number of carbonyl (C=O) groups is 1. The summed E-state index contributed by atoms with van der Waals surface area (Å²) in [4.78, 5) is 12.5. The topological polar surface area (TPSA) is 26.3 Å². The number of ether oxygens (including phenoxy) is 1. The highest BCUT2D eigenvalue weighted by Crippen LogP contribution is 2.53. The van der Waals surface area contributed by atoms with Crippen LogP contribution in [0.25, 0.3) is 0 Å². The van der Waals surface area contributed by atoms with Crippen LogP contribution in [0.1, 0.15) is 86.0 Å². The minimum Gasteiger partial charge on any atom is -0.372 e. The first-order chi connectivity index (χ1) is 11.3. The molecule has 2 atom stereocenters. The summed E-state index contributed by atoms with van der Waals surface area (Å²) in [6.45, 7) is 11.0. The van der Waals surface area contributed by atoms with E-state index in [4.69, 9.17) is 4.74 Å². The van der Waals surface area contributed by atoms with Crippen LogP contribution in [-0.2, 0) is 9.53 Å². The van der Waals surface area contributed by atoms with Gasteiger partial charge in [-0.05, 0) is 52.2 Å². The minimum absolute atomic E-state index is 0.0826. The second kappa shape index (κ2) is 8.40. The summed E-state index contributed by atoms with van der Waals surface area (Å²) in [7, 11) is 0. The van der Waals surface area contributed by atoms with Gasteiger partial charge in [-0.2, -0.15) is 11.8 Å². The molecule has 3 heteroatoms. The number of thioether (sulfide) groups is 1. The Balaban J connectivity index is 2.02. The van der Waals surface area contributed by atoms with E-state index in [1.807, 2.05) is 11.8 Å². The average Bonchev–Trinajstić information content (AvgIpc) is 2.81. The summed E-state index contributed by atoms with van der Waals surface area (Å²) in [6.07, 6.45) is 9.27. The van der Waals surface area contributed by atoms with Gasteiger partial charge in [-0.25, -0.2) is 0 Å². The van der Waals surface area contributed by atoms with Gasteiger partial charge in [0.15, 0.2) is 5.78 Å². The van der Waals surface area contributed by atoms with E-state index in [1.165, 1.54) is 37.0 Å². The molecule has 0 unspecified atom stereocenters. The molecular weight excluding hydrogens is 316 g/mol. The van der Waals surface area contributed by atoms with Gasteiger partial charge in [0.05, 0.1) is 11.7 Å². The third kappa shape index (κ3) is 4.88. The molecule has 0 amide bonds. The molecule has 138 valence electrons. The summed E-state index contributed by atoms with van der Waals surface area (Å²) < 4.78 is 6.37. The Hall–Kier alpha value is -0.280. The van der Waals surface area contributed by atoms with Crippen LogP contribution in [0.4, 0.5) is 0 Å². The molecule has 1 saturated carbocycles. The van der Waals surface area contributed by atoms with E-state index in [1.54, 1.807) is 0 Å². The van der Waals surface area contributed by atoms with Crippen molar-refractivity contribution in [3.8, 4) is 0 Å².